The second-order valence-corrected chi connectivity index (χ2v) is 3.96. The van der Waals surface area contributed by atoms with Gasteiger partial charge in [0.2, 0.25) is 0 Å². The molecule has 19 heavy (non-hydrogen) atoms. The maximum atomic E-state index is 12.0. The van der Waals surface area contributed by atoms with Crippen LogP contribution in [0.5, 0.6) is 5.75 Å². The van der Waals surface area contributed by atoms with E-state index >= 15 is 0 Å². The molecule has 0 atom stereocenters. The number of hydrogen-bond donors (Lipinski definition) is 2. The third kappa shape index (κ3) is 3.32. The first kappa shape index (κ1) is 13.1. The van der Waals surface area contributed by atoms with Crippen molar-refractivity contribution in [3.05, 3.63) is 42.2 Å². The van der Waals surface area contributed by atoms with Gasteiger partial charge in [-0.15, -0.1) is 0 Å². The number of carbonyl (C=O) groups is 1. The lowest BCUT2D eigenvalue weighted by molar-refractivity contribution is 0.101. The fourth-order valence-corrected chi connectivity index (χ4v) is 1.63. The Kier molecular flexibility index (Phi) is 4.15. The van der Waals surface area contributed by atoms with Crippen LogP contribution in [0.2, 0.25) is 0 Å². The molecule has 0 bridgehead atoms. The topological polar surface area (TPSA) is 82.2 Å². The molecule has 6 nitrogen and oxygen atoms in total. The van der Waals surface area contributed by atoms with Crippen LogP contribution >= 0.6 is 0 Å². The van der Waals surface area contributed by atoms with E-state index in [1.807, 2.05) is 12.1 Å². The largest absolute Gasteiger partial charge is 0.492 e. The zero-order chi connectivity index (χ0) is 13.7. The summed E-state index contributed by atoms with van der Waals surface area (Å²) in [6, 6.07) is 8.83. The molecule has 2 rings (SSSR count). The van der Waals surface area contributed by atoms with Crippen LogP contribution in [0.25, 0.3) is 0 Å². The van der Waals surface area contributed by atoms with E-state index in [0.717, 1.165) is 0 Å². The molecule has 0 radical (unpaired) electrons. The van der Waals surface area contributed by atoms with Crippen LogP contribution in [-0.4, -0.2) is 28.8 Å². The van der Waals surface area contributed by atoms with E-state index in [0.29, 0.717) is 30.3 Å². The van der Waals surface area contributed by atoms with Crippen molar-refractivity contribution in [1.82, 2.24) is 9.78 Å². The van der Waals surface area contributed by atoms with E-state index in [1.54, 1.807) is 31.4 Å². The van der Waals surface area contributed by atoms with Crippen molar-refractivity contribution >= 4 is 11.6 Å². The molecule has 6 heteroatoms. The maximum absolute atomic E-state index is 12.0. The number of nitrogens with one attached hydrogen (secondary N) is 1. The van der Waals surface area contributed by atoms with Crippen LogP contribution in [0, 0.1) is 0 Å². The quantitative estimate of drug-likeness (QED) is 0.840. The fourth-order valence-electron chi connectivity index (χ4n) is 1.63. The summed E-state index contributed by atoms with van der Waals surface area (Å²) in [5.74, 6) is 0.462. The van der Waals surface area contributed by atoms with Gasteiger partial charge in [0.05, 0.1) is 0 Å². The van der Waals surface area contributed by atoms with E-state index in [1.165, 1.54) is 4.68 Å². The van der Waals surface area contributed by atoms with E-state index in [4.69, 9.17) is 10.5 Å². The lowest BCUT2D eigenvalue weighted by Gasteiger charge is -2.08. The van der Waals surface area contributed by atoms with Gasteiger partial charge in [0.1, 0.15) is 18.1 Å². The van der Waals surface area contributed by atoms with Crippen molar-refractivity contribution in [2.45, 2.75) is 0 Å². The average Bonchev–Trinajstić information content (AvgIpc) is 2.83. The number of ether oxygens (including phenoxy) is 1. The molecule has 1 aromatic carbocycles. The number of carbonyl (C=O) groups excluding carboxylic acids is 1. The van der Waals surface area contributed by atoms with Gasteiger partial charge in [-0.05, 0) is 18.2 Å². The van der Waals surface area contributed by atoms with Gasteiger partial charge in [-0.1, -0.05) is 6.07 Å². The normalized spacial score (nSPS) is 10.2. The number of hydrogen-bond acceptors (Lipinski definition) is 4. The van der Waals surface area contributed by atoms with Crippen LogP contribution < -0.4 is 15.8 Å². The average molecular weight is 260 g/mol. The SMILES string of the molecule is Cn1nccc1C(=O)Nc1cccc(OCCN)c1. The van der Waals surface area contributed by atoms with Gasteiger partial charge in [-0.25, -0.2) is 0 Å². The molecule has 1 aromatic heterocycles. The summed E-state index contributed by atoms with van der Waals surface area (Å²) in [6.45, 7) is 0.894. The highest BCUT2D eigenvalue weighted by molar-refractivity contribution is 6.03. The molecule has 0 fully saturated rings. The molecule has 2 aromatic rings. The smallest absolute Gasteiger partial charge is 0.273 e. The number of aryl methyl sites for hydroxylation is 1. The Bertz CT molecular complexity index is 565. The van der Waals surface area contributed by atoms with Gasteiger partial charge in [0.25, 0.3) is 5.91 Å². The van der Waals surface area contributed by atoms with Crippen molar-refractivity contribution < 1.29 is 9.53 Å². The highest BCUT2D eigenvalue weighted by Gasteiger charge is 2.10. The summed E-state index contributed by atoms with van der Waals surface area (Å²) >= 11 is 0. The van der Waals surface area contributed by atoms with Crippen molar-refractivity contribution in [1.29, 1.82) is 0 Å². The number of nitrogens with zero attached hydrogens (tertiary/aromatic N) is 2. The Morgan fingerprint density at radius 1 is 1.47 bits per heavy atom. The standard InChI is InChI=1S/C13H16N4O2/c1-17-12(5-7-15-17)13(18)16-10-3-2-4-11(9-10)19-8-6-14/h2-5,7,9H,6,8,14H2,1H3,(H,16,18). The number of aromatic nitrogens is 2. The molecule has 0 aliphatic rings. The summed E-state index contributed by atoms with van der Waals surface area (Å²) in [6.07, 6.45) is 1.58. The molecular weight excluding hydrogens is 244 g/mol. The Labute approximate surface area is 111 Å². The predicted octanol–water partition coefficient (Wildman–Crippen LogP) is 1.01. The predicted molar refractivity (Wildman–Crippen MR) is 72.2 cm³/mol. The summed E-state index contributed by atoms with van der Waals surface area (Å²) < 4.78 is 6.92. The minimum absolute atomic E-state index is 0.212. The lowest BCUT2D eigenvalue weighted by atomic mass is 10.3. The number of rotatable bonds is 5. The van der Waals surface area contributed by atoms with Crippen LogP contribution in [0.1, 0.15) is 10.5 Å². The molecular formula is C13H16N4O2. The first-order valence-corrected chi connectivity index (χ1v) is 5.93. The van der Waals surface area contributed by atoms with Gasteiger partial charge in [0.15, 0.2) is 0 Å². The van der Waals surface area contributed by atoms with Crippen molar-refractivity contribution in [3.63, 3.8) is 0 Å². The third-order valence-electron chi connectivity index (χ3n) is 2.53. The Hall–Kier alpha value is -2.34. The Morgan fingerprint density at radius 2 is 2.32 bits per heavy atom. The van der Waals surface area contributed by atoms with Crippen LogP contribution in [0.3, 0.4) is 0 Å². The summed E-state index contributed by atoms with van der Waals surface area (Å²) in [7, 11) is 1.72. The number of benzene rings is 1. The lowest BCUT2D eigenvalue weighted by Crippen LogP contribution is -2.16. The summed E-state index contributed by atoms with van der Waals surface area (Å²) in [5.41, 5.74) is 6.53. The van der Waals surface area contributed by atoms with Gasteiger partial charge < -0.3 is 15.8 Å². The molecule has 0 saturated carbocycles. The zero-order valence-corrected chi connectivity index (χ0v) is 10.7. The number of nitrogens with two attached hydrogens (primary N) is 1. The molecule has 0 spiro atoms. The van der Waals surface area contributed by atoms with E-state index < -0.39 is 0 Å². The Morgan fingerprint density at radius 3 is 3.00 bits per heavy atom. The van der Waals surface area contributed by atoms with E-state index in [-0.39, 0.29) is 5.91 Å². The Balaban J connectivity index is 2.07. The number of anilines is 1. The fraction of sp³-hybridized carbons (Fsp3) is 0.231. The van der Waals surface area contributed by atoms with Gasteiger partial charge >= 0.3 is 0 Å². The maximum Gasteiger partial charge on any atom is 0.273 e. The van der Waals surface area contributed by atoms with Gasteiger partial charge in [0, 0.05) is 31.5 Å². The third-order valence-corrected chi connectivity index (χ3v) is 2.53. The van der Waals surface area contributed by atoms with Crippen molar-refractivity contribution in [2.75, 3.05) is 18.5 Å². The first-order chi connectivity index (χ1) is 9.20. The molecule has 0 unspecified atom stereocenters. The zero-order valence-electron chi connectivity index (χ0n) is 10.7. The first-order valence-electron chi connectivity index (χ1n) is 5.93. The van der Waals surface area contributed by atoms with Crippen molar-refractivity contribution in [2.24, 2.45) is 12.8 Å². The van der Waals surface area contributed by atoms with Gasteiger partial charge in [-0.2, -0.15) is 5.10 Å². The van der Waals surface area contributed by atoms with Gasteiger partial charge in [-0.3, -0.25) is 9.48 Å². The number of amides is 1. The molecule has 0 aliphatic carbocycles. The molecule has 0 aliphatic heterocycles. The minimum Gasteiger partial charge on any atom is -0.492 e. The monoisotopic (exact) mass is 260 g/mol. The second kappa shape index (κ2) is 6.01. The van der Waals surface area contributed by atoms with Crippen LogP contribution in [-0.2, 0) is 7.05 Å². The van der Waals surface area contributed by atoms with E-state index in [9.17, 15) is 4.79 Å². The van der Waals surface area contributed by atoms with Crippen molar-refractivity contribution in [3.8, 4) is 5.75 Å². The van der Waals surface area contributed by atoms with E-state index in [2.05, 4.69) is 10.4 Å². The molecule has 3 N–H and O–H groups in total. The molecule has 100 valence electrons. The highest BCUT2D eigenvalue weighted by atomic mass is 16.5. The molecule has 1 heterocycles. The summed E-state index contributed by atoms with van der Waals surface area (Å²) in [4.78, 5) is 12.0. The van der Waals surface area contributed by atoms with Crippen LogP contribution in [0.15, 0.2) is 36.5 Å². The minimum atomic E-state index is -0.212. The summed E-state index contributed by atoms with van der Waals surface area (Å²) in [5, 5.41) is 6.75. The van der Waals surface area contributed by atoms with Crippen LogP contribution in [0.4, 0.5) is 5.69 Å². The molecule has 1 amide bonds. The second-order valence-electron chi connectivity index (χ2n) is 3.96. The molecule has 0 saturated heterocycles. The highest BCUT2D eigenvalue weighted by Crippen LogP contribution is 2.17.